The van der Waals surface area contributed by atoms with Crippen LogP contribution < -0.4 is 14.9 Å². The molecule has 3 fully saturated rings. The highest BCUT2D eigenvalue weighted by atomic mass is 32.2. The summed E-state index contributed by atoms with van der Waals surface area (Å²) in [6, 6.07) is 4.75. The summed E-state index contributed by atoms with van der Waals surface area (Å²) >= 11 is 0. The van der Waals surface area contributed by atoms with Crippen molar-refractivity contribution < 1.29 is 8.42 Å². The lowest BCUT2D eigenvalue weighted by Gasteiger charge is -2.45. The third-order valence-corrected chi connectivity index (χ3v) is 9.16. The van der Waals surface area contributed by atoms with Gasteiger partial charge in [-0.2, -0.15) is 5.10 Å². The average molecular weight is 461 g/mol. The third-order valence-electron chi connectivity index (χ3n) is 7.55. The van der Waals surface area contributed by atoms with Crippen LogP contribution in [-0.4, -0.2) is 73.4 Å². The molecule has 3 atom stereocenters. The second kappa shape index (κ2) is 7.97. The molecule has 2 saturated heterocycles. The topological polar surface area (TPSA) is 82.5 Å². The van der Waals surface area contributed by atoms with E-state index in [2.05, 4.69) is 40.6 Å². The van der Waals surface area contributed by atoms with Gasteiger partial charge in [0.05, 0.1) is 22.7 Å². The first-order valence-electron chi connectivity index (χ1n) is 12.0. The van der Waals surface area contributed by atoms with Crippen LogP contribution in [0, 0.1) is 0 Å². The maximum Gasteiger partial charge on any atom is 0.241 e. The first-order chi connectivity index (χ1) is 15.2. The first kappa shape index (κ1) is 22.1. The molecule has 32 heavy (non-hydrogen) atoms. The van der Waals surface area contributed by atoms with Gasteiger partial charge in [0.25, 0.3) is 0 Å². The predicted molar refractivity (Wildman–Crippen MR) is 128 cm³/mol. The molecule has 0 radical (unpaired) electrons. The van der Waals surface area contributed by atoms with E-state index in [-0.39, 0.29) is 11.6 Å². The smallest absolute Gasteiger partial charge is 0.241 e. The number of aromatic nitrogens is 2. The SMILES string of the molecule is CCN1[C@H](C)CN(c2cc(S(=O)(=O)NC3(C)CC3)cc3c2cnn3C2CCNC2)C[C@@H]1C. The van der Waals surface area contributed by atoms with E-state index in [1.807, 2.05) is 29.9 Å². The molecule has 3 aliphatic rings. The molecule has 1 unspecified atom stereocenters. The van der Waals surface area contributed by atoms with Crippen molar-refractivity contribution in [2.75, 3.05) is 37.6 Å². The fourth-order valence-electron chi connectivity index (χ4n) is 5.51. The lowest BCUT2D eigenvalue weighted by Crippen LogP contribution is -2.56. The summed E-state index contributed by atoms with van der Waals surface area (Å²) in [6.07, 6.45) is 4.71. The Hall–Kier alpha value is -1.68. The molecule has 5 rings (SSSR count). The highest BCUT2D eigenvalue weighted by Gasteiger charge is 2.41. The number of nitrogens with zero attached hydrogens (tertiary/aromatic N) is 4. The van der Waals surface area contributed by atoms with E-state index >= 15 is 0 Å². The van der Waals surface area contributed by atoms with Gasteiger partial charge in [-0.05, 0) is 65.3 Å². The van der Waals surface area contributed by atoms with Gasteiger partial charge in [0, 0.05) is 48.3 Å². The quantitative estimate of drug-likeness (QED) is 0.689. The molecule has 8 nitrogen and oxygen atoms in total. The maximum atomic E-state index is 13.4. The maximum absolute atomic E-state index is 13.4. The summed E-state index contributed by atoms with van der Waals surface area (Å²) in [5.74, 6) is 0. The van der Waals surface area contributed by atoms with Crippen molar-refractivity contribution in [2.45, 2.75) is 75.5 Å². The summed E-state index contributed by atoms with van der Waals surface area (Å²) < 4.78 is 31.7. The van der Waals surface area contributed by atoms with E-state index in [1.165, 1.54) is 0 Å². The van der Waals surface area contributed by atoms with Crippen molar-refractivity contribution in [1.82, 2.24) is 24.7 Å². The van der Waals surface area contributed by atoms with Gasteiger partial charge in [-0.1, -0.05) is 6.92 Å². The zero-order valence-electron chi connectivity index (χ0n) is 19.6. The Balaban J connectivity index is 1.61. The Morgan fingerprint density at radius 1 is 1.22 bits per heavy atom. The second-order valence-electron chi connectivity index (χ2n) is 10.2. The number of likely N-dealkylation sites (N-methyl/N-ethyl adjacent to an activating group) is 1. The van der Waals surface area contributed by atoms with Gasteiger partial charge >= 0.3 is 0 Å². The Morgan fingerprint density at radius 2 is 1.94 bits per heavy atom. The Kier molecular flexibility index (Phi) is 5.51. The number of hydrogen-bond donors (Lipinski definition) is 2. The summed E-state index contributed by atoms with van der Waals surface area (Å²) in [4.78, 5) is 5.22. The molecule has 0 bridgehead atoms. The van der Waals surface area contributed by atoms with Crippen LogP contribution in [-0.2, 0) is 10.0 Å². The highest BCUT2D eigenvalue weighted by Crippen LogP contribution is 2.38. The van der Waals surface area contributed by atoms with Gasteiger partial charge in [0.2, 0.25) is 10.0 Å². The van der Waals surface area contributed by atoms with Gasteiger partial charge in [0.15, 0.2) is 0 Å². The van der Waals surface area contributed by atoms with Crippen molar-refractivity contribution in [3.8, 4) is 0 Å². The third kappa shape index (κ3) is 3.93. The highest BCUT2D eigenvalue weighted by molar-refractivity contribution is 7.89. The van der Waals surface area contributed by atoms with E-state index in [1.54, 1.807) is 0 Å². The molecule has 2 aromatic rings. The van der Waals surface area contributed by atoms with Crippen LogP contribution >= 0.6 is 0 Å². The van der Waals surface area contributed by atoms with Crippen LogP contribution in [0.15, 0.2) is 23.2 Å². The van der Waals surface area contributed by atoms with Crippen LogP contribution in [0.5, 0.6) is 0 Å². The van der Waals surface area contributed by atoms with Crippen molar-refractivity contribution in [3.05, 3.63) is 18.3 Å². The lowest BCUT2D eigenvalue weighted by atomic mass is 10.1. The molecule has 3 heterocycles. The van der Waals surface area contributed by atoms with E-state index in [0.717, 1.165) is 68.6 Å². The van der Waals surface area contributed by atoms with Crippen LogP contribution in [0.2, 0.25) is 0 Å². The minimum Gasteiger partial charge on any atom is -0.368 e. The molecule has 0 amide bonds. The lowest BCUT2D eigenvalue weighted by molar-refractivity contribution is 0.140. The largest absolute Gasteiger partial charge is 0.368 e. The standard InChI is InChI=1S/C23H36N6O2S/c1-5-28-16(2)14-27(15-17(28)3)21-10-19(32(30,31)26-23(4)7-8-23)11-22-20(21)13-25-29(22)18-6-9-24-12-18/h10-11,13,16-18,24,26H,5-9,12,14-15H2,1-4H3/t16-,17+,18?. The molecular weight excluding hydrogens is 424 g/mol. The molecule has 1 aromatic heterocycles. The van der Waals surface area contributed by atoms with E-state index < -0.39 is 10.0 Å². The van der Waals surface area contributed by atoms with Crippen molar-refractivity contribution in [3.63, 3.8) is 0 Å². The number of benzene rings is 1. The first-order valence-corrected chi connectivity index (χ1v) is 13.5. The van der Waals surface area contributed by atoms with E-state index in [4.69, 9.17) is 5.10 Å². The van der Waals surface area contributed by atoms with Gasteiger partial charge in [-0.3, -0.25) is 9.58 Å². The monoisotopic (exact) mass is 460 g/mol. The summed E-state index contributed by atoms with van der Waals surface area (Å²) in [5, 5.41) is 9.18. The number of piperazine rings is 1. The van der Waals surface area contributed by atoms with Gasteiger partial charge in [0.1, 0.15) is 0 Å². The number of nitrogens with one attached hydrogen (secondary N) is 2. The zero-order chi connectivity index (χ0) is 22.7. The Labute approximate surface area is 191 Å². The van der Waals surface area contributed by atoms with E-state index in [0.29, 0.717) is 17.0 Å². The average Bonchev–Trinajstić information content (AvgIpc) is 3.13. The minimum absolute atomic E-state index is 0.252. The summed E-state index contributed by atoms with van der Waals surface area (Å²) in [7, 11) is -3.61. The van der Waals surface area contributed by atoms with Crippen LogP contribution in [0.4, 0.5) is 5.69 Å². The molecule has 176 valence electrons. The molecular formula is C23H36N6O2S. The molecule has 1 saturated carbocycles. The van der Waals surface area contributed by atoms with Crippen molar-refractivity contribution in [2.24, 2.45) is 0 Å². The summed E-state index contributed by atoms with van der Waals surface area (Å²) in [6.45, 7) is 13.3. The molecule has 0 spiro atoms. The van der Waals surface area contributed by atoms with Crippen LogP contribution in [0.3, 0.4) is 0 Å². The minimum atomic E-state index is -3.61. The molecule has 1 aromatic carbocycles. The normalized spacial score (nSPS) is 28.5. The van der Waals surface area contributed by atoms with Gasteiger partial charge in [-0.15, -0.1) is 0 Å². The number of sulfonamides is 1. The second-order valence-corrected chi connectivity index (χ2v) is 11.9. The van der Waals surface area contributed by atoms with Gasteiger partial charge in [-0.25, -0.2) is 13.1 Å². The van der Waals surface area contributed by atoms with Crippen LogP contribution in [0.25, 0.3) is 10.9 Å². The summed E-state index contributed by atoms with van der Waals surface area (Å²) in [5.41, 5.74) is 1.59. The van der Waals surface area contributed by atoms with Crippen molar-refractivity contribution in [1.29, 1.82) is 0 Å². The fraction of sp³-hybridized carbons (Fsp3) is 0.696. The number of hydrogen-bond acceptors (Lipinski definition) is 6. The number of fused-ring (bicyclic) bond motifs is 1. The molecule has 9 heteroatoms. The number of anilines is 1. The Bertz CT molecular complexity index is 1090. The van der Waals surface area contributed by atoms with Gasteiger partial charge < -0.3 is 10.2 Å². The Morgan fingerprint density at radius 3 is 2.53 bits per heavy atom. The van der Waals surface area contributed by atoms with Crippen molar-refractivity contribution >= 4 is 26.6 Å². The zero-order valence-corrected chi connectivity index (χ0v) is 20.5. The molecule has 2 N–H and O–H groups in total. The number of rotatable bonds is 6. The predicted octanol–water partition coefficient (Wildman–Crippen LogP) is 2.32. The fourth-order valence-corrected chi connectivity index (χ4v) is 7.01. The van der Waals surface area contributed by atoms with Crippen LogP contribution in [0.1, 0.15) is 53.0 Å². The molecule has 1 aliphatic carbocycles. The molecule has 2 aliphatic heterocycles. The van der Waals surface area contributed by atoms with E-state index in [9.17, 15) is 8.42 Å².